The van der Waals surface area contributed by atoms with Crippen LogP contribution in [0.25, 0.3) is 11.1 Å². The number of nitrogens with two attached hydrogens (primary N) is 1. The molecule has 1 aromatic heterocycles. The monoisotopic (exact) mass is 466 g/mol. The van der Waals surface area contributed by atoms with Crippen LogP contribution in [0.1, 0.15) is 53.7 Å². The fraction of sp³-hybridized carbons (Fsp3) is 0.500. The smallest absolute Gasteiger partial charge is 0.337 e. The van der Waals surface area contributed by atoms with E-state index in [4.69, 9.17) is 20.2 Å². The summed E-state index contributed by atoms with van der Waals surface area (Å²) in [6.07, 6.45) is 2.58. The van der Waals surface area contributed by atoms with Crippen LogP contribution in [0, 0.1) is 6.92 Å². The van der Waals surface area contributed by atoms with Crippen molar-refractivity contribution >= 4 is 23.4 Å². The maximum absolute atomic E-state index is 12.5. The van der Waals surface area contributed by atoms with Gasteiger partial charge in [0, 0.05) is 44.3 Å². The van der Waals surface area contributed by atoms with E-state index in [1.54, 1.807) is 13.2 Å². The Hall–Kier alpha value is -3.13. The lowest BCUT2D eigenvalue weighted by atomic mass is 9.94. The molecular weight excluding hydrogens is 432 g/mol. The summed E-state index contributed by atoms with van der Waals surface area (Å²) in [5.41, 5.74) is 11.8. The summed E-state index contributed by atoms with van der Waals surface area (Å²) >= 11 is 0. The van der Waals surface area contributed by atoms with Crippen molar-refractivity contribution in [2.75, 3.05) is 51.1 Å². The molecule has 1 amide bonds. The third-order valence-electron chi connectivity index (χ3n) is 6.81. The van der Waals surface area contributed by atoms with Crippen LogP contribution in [0.15, 0.2) is 24.3 Å². The number of aromatic nitrogens is 1. The number of carbonyl (C=O) groups excluding carboxylic acids is 2. The average Bonchev–Trinajstić information content (AvgIpc) is 3.69. The number of nitrogens with zero attached hydrogens (tertiary/aromatic N) is 3. The van der Waals surface area contributed by atoms with E-state index in [1.165, 1.54) is 7.11 Å². The first-order valence-corrected chi connectivity index (χ1v) is 11.9. The van der Waals surface area contributed by atoms with Gasteiger partial charge in [-0.3, -0.25) is 4.79 Å². The Kier molecular flexibility index (Phi) is 7.07. The summed E-state index contributed by atoms with van der Waals surface area (Å²) in [7, 11) is 2.99. The van der Waals surface area contributed by atoms with Crippen molar-refractivity contribution < 1.29 is 19.1 Å². The number of hydrogen-bond donors (Lipinski definition) is 1. The minimum Gasteiger partial charge on any atom is -0.465 e. The highest BCUT2D eigenvalue weighted by molar-refractivity contribution is 5.92. The molecule has 0 radical (unpaired) electrons. The van der Waals surface area contributed by atoms with E-state index >= 15 is 0 Å². The zero-order chi connectivity index (χ0) is 24.4. The minimum absolute atomic E-state index is 0.0559. The van der Waals surface area contributed by atoms with Gasteiger partial charge in [-0.1, -0.05) is 12.1 Å². The topological polar surface area (TPSA) is 98.0 Å². The second kappa shape index (κ2) is 10.0. The van der Waals surface area contributed by atoms with Crippen LogP contribution in [0.4, 0.5) is 11.5 Å². The van der Waals surface area contributed by atoms with E-state index < -0.39 is 0 Å². The van der Waals surface area contributed by atoms with E-state index in [0.717, 1.165) is 41.0 Å². The molecule has 0 spiro atoms. The molecule has 2 fully saturated rings. The van der Waals surface area contributed by atoms with Gasteiger partial charge >= 0.3 is 5.97 Å². The van der Waals surface area contributed by atoms with Gasteiger partial charge in [-0.25, -0.2) is 9.78 Å². The summed E-state index contributed by atoms with van der Waals surface area (Å²) in [6, 6.07) is 7.52. The molecule has 2 aliphatic rings. The van der Waals surface area contributed by atoms with Crippen molar-refractivity contribution in [2.45, 2.75) is 45.1 Å². The van der Waals surface area contributed by atoms with Gasteiger partial charge in [0.1, 0.15) is 0 Å². The van der Waals surface area contributed by atoms with Gasteiger partial charge in [0.05, 0.1) is 37.1 Å². The highest BCUT2D eigenvalue weighted by Gasteiger charge is 2.34. The first-order valence-electron chi connectivity index (χ1n) is 11.9. The van der Waals surface area contributed by atoms with E-state index in [1.807, 2.05) is 30.0 Å². The number of methoxy groups -OCH3 is 2. The van der Waals surface area contributed by atoms with Gasteiger partial charge in [0.15, 0.2) is 5.82 Å². The second-order valence-electron chi connectivity index (χ2n) is 9.21. The predicted molar refractivity (Wildman–Crippen MR) is 132 cm³/mol. The number of esters is 1. The molecule has 182 valence electrons. The molecule has 1 aromatic carbocycles. The molecule has 1 atom stereocenters. The predicted octanol–water partition coefficient (Wildman–Crippen LogP) is 3.38. The van der Waals surface area contributed by atoms with Crippen molar-refractivity contribution in [3.8, 4) is 11.1 Å². The van der Waals surface area contributed by atoms with Gasteiger partial charge in [-0.15, -0.1) is 0 Å². The maximum atomic E-state index is 12.5. The lowest BCUT2D eigenvalue weighted by Crippen LogP contribution is -2.54. The number of benzene rings is 1. The molecule has 34 heavy (non-hydrogen) atoms. The molecule has 1 saturated carbocycles. The van der Waals surface area contributed by atoms with Crippen LogP contribution in [-0.4, -0.2) is 68.3 Å². The summed E-state index contributed by atoms with van der Waals surface area (Å²) < 4.78 is 9.97. The van der Waals surface area contributed by atoms with Gasteiger partial charge in [0.25, 0.3) is 0 Å². The van der Waals surface area contributed by atoms with Crippen LogP contribution in [0.3, 0.4) is 0 Å². The van der Waals surface area contributed by atoms with Gasteiger partial charge in [-0.2, -0.15) is 0 Å². The Labute approximate surface area is 201 Å². The number of piperazine rings is 1. The normalized spacial score (nSPS) is 18.2. The molecule has 2 N–H and O–H groups in total. The van der Waals surface area contributed by atoms with Crippen LogP contribution in [0.5, 0.6) is 0 Å². The van der Waals surface area contributed by atoms with E-state index in [0.29, 0.717) is 49.8 Å². The maximum Gasteiger partial charge on any atom is 0.337 e. The van der Waals surface area contributed by atoms with Crippen molar-refractivity contribution in [3.63, 3.8) is 0 Å². The first-order chi connectivity index (χ1) is 16.3. The molecular formula is C26H34N4O4. The molecule has 2 aromatic rings. The fourth-order valence-electron chi connectivity index (χ4n) is 4.76. The van der Waals surface area contributed by atoms with Gasteiger partial charge < -0.3 is 25.0 Å². The van der Waals surface area contributed by atoms with Crippen molar-refractivity contribution in [1.29, 1.82) is 0 Å². The number of hydrogen-bond acceptors (Lipinski definition) is 7. The van der Waals surface area contributed by atoms with Crippen LogP contribution >= 0.6 is 0 Å². The quantitative estimate of drug-likeness (QED) is 0.625. The van der Waals surface area contributed by atoms with Crippen molar-refractivity contribution in [3.05, 3.63) is 41.1 Å². The van der Waals surface area contributed by atoms with Gasteiger partial charge in [-0.05, 0) is 49.9 Å². The summed E-state index contributed by atoms with van der Waals surface area (Å²) in [5, 5.41) is 0. The Morgan fingerprint density at radius 3 is 2.62 bits per heavy atom. The van der Waals surface area contributed by atoms with Crippen LogP contribution < -0.4 is 10.6 Å². The Balaban J connectivity index is 1.66. The lowest BCUT2D eigenvalue weighted by Gasteiger charge is -2.41. The molecule has 1 aliphatic heterocycles. The first kappa shape index (κ1) is 24.0. The number of ether oxygens (including phenoxy) is 2. The summed E-state index contributed by atoms with van der Waals surface area (Å²) in [6.45, 7) is 6.51. The van der Waals surface area contributed by atoms with E-state index in [9.17, 15) is 9.59 Å². The van der Waals surface area contributed by atoms with E-state index in [2.05, 4.69) is 11.8 Å². The minimum atomic E-state index is -0.364. The highest BCUT2D eigenvalue weighted by atomic mass is 16.5. The lowest BCUT2D eigenvalue weighted by molar-refractivity contribution is -0.134. The molecule has 0 bridgehead atoms. The van der Waals surface area contributed by atoms with Crippen LogP contribution in [-0.2, 0) is 14.3 Å². The molecule has 1 saturated heterocycles. The standard InChI is InChI=1S/C26H34N4O4/c1-16-15-29(11-12-30(16)21(31)10-13-33-3)25-23(27)17(2)22(24(28-25)18-8-9-18)19-6-5-7-20(14-19)26(32)34-4/h5-7,14,16,18H,8-13,15,27H2,1-4H3/t16-/m1/s1. The summed E-state index contributed by atoms with van der Waals surface area (Å²) in [4.78, 5) is 33.9. The molecule has 0 unspecified atom stereocenters. The third kappa shape index (κ3) is 4.73. The largest absolute Gasteiger partial charge is 0.465 e. The number of anilines is 2. The fourth-order valence-corrected chi connectivity index (χ4v) is 4.76. The van der Waals surface area contributed by atoms with Gasteiger partial charge in [0.2, 0.25) is 5.91 Å². The Bertz CT molecular complexity index is 1080. The second-order valence-corrected chi connectivity index (χ2v) is 9.21. The van der Waals surface area contributed by atoms with Crippen LogP contribution in [0.2, 0.25) is 0 Å². The zero-order valence-corrected chi connectivity index (χ0v) is 20.5. The number of pyridine rings is 1. The van der Waals surface area contributed by atoms with Crippen molar-refractivity contribution in [2.24, 2.45) is 0 Å². The molecule has 4 rings (SSSR count). The number of rotatable bonds is 7. The highest BCUT2D eigenvalue weighted by Crippen LogP contribution is 2.47. The Morgan fingerprint density at radius 1 is 1.21 bits per heavy atom. The van der Waals surface area contributed by atoms with E-state index in [-0.39, 0.29) is 17.9 Å². The Morgan fingerprint density at radius 2 is 1.97 bits per heavy atom. The molecule has 8 heteroatoms. The number of amides is 1. The number of carbonyl (C=O) groups is 2. The van der Waals surface area contributed by atoms with Crippen molar-refractivity contribution in [1.82, 2.24) is 9.88 Å². The number of nitrogen functional groups attached to an aromatic ring is 1. The average molecular weight is 467 g/mol. The summed E-state index contributed by atoms with van der Waals surface area (Å²) in [5.74, 6) is 0.940. The third-order valence-corrected chi connectivity index (χ3v) is 6.81. The zero-order valence-electron chi connectivity index (χ0n) is 20.5. The molecule has 2 heterocycles. The molecule has 1 aliphatic carbocycles. The molecule has 8 nitrogen and oxygen atoms in total. The SMILES string of the molecule is COCCC(=O)N1CCN(c2nc(C3CC3)c(-c3cccc(C(=O)OC)c3)c(C)c2N)C[C@H]1C.